The molecule has 4 heteroatoms. The summed E-state index contributed by atoms with van der Waals surface area (Å²) >= 11 is 0. The Morgan fingerprint density at radius 3 is 2.55 bits per heavy atom. The monoisotopic (exact) mass is 158 g/mol. The van der Waals surface area contributed by atoms with Crippen molar-refractivity contribution < 1.29 is 9.90 Å². The van der Waals surface area contributed by atoms with E-state index in [1.54, 1.807) is 6.92 Å². The average Bonchev–Trinajstić information content (AvgIpc) is 1.82. The molecule has 1 fully saturated rings. The van der Waals surface area contributed by atoms with Crippen molar-refractivity contribution in [1.29, 1.82) is 0 Å². The molecule has 2 N–H and O–H groups in total. The molecule has 11 heavy (non-hydrogen) atoms. The predicted octanol–water partition coefficient (Wildman–Crippen LogP) is -0.637. The molecule has 1 aliphatic heterocycles. The maximum absolute atomic E-state index is 10.5. The summed E-state index contributed by atoms with van der Waals surface area (Å²) in [6.45, 7) is 3.53. The van der Waals surface area contributed by atoms with Gasteiger partial charge in [0.05, 0.1) is 0 Å². The van der Waals surface area contributed by atoms with Crippen LogP contribution in [-0.2, 0) is 4.79 Å². The molecule has 0 aromatic carbocycles. The van der Waals surface area contributed by atoms with Gasteiger partial charge in [0.2, 0.25) is 0 Å². The Labute approximate surface area is 66.2 Å². The minimum Gasteiger partial charge on any atom is -0.480 e. The molecular formula is C7H14N2O2. The van der Waals surface area contributed by atoms with Crippen molar-refractivity contribution in [2.75, 3.05) is 20.1 Å². The normalized spacial score (nSPS) is 21.4. The van der Waals surface area contributed by atoms with E-state index in [1.807, 2.05) is 11.9 Å². The predicted molar refractivity (Wildman–Crippen MR) is 41.5 cm³/mol. The van der Waals surface area contributed by atoms with E-state index in [2.05, 4.69) is 5.32 Å². The van der Waals surface area contributed by atoms with E-state index in [9.17, 15) is 4.79 Å². The van der Waals surface area contributed by atoms with E-state index in [1.165, 1.54) is 0 Å². The van der Waals surface area contributed by atoms with E-state index in [0.29, 0.717) is 6.04 Å². The molecule has 0 spiro atoms. The molecule has 1 atom stereocenters. The summed E-state index contributed by atoms with van der Waals surface area (Å²) < 4.78 is 0. The maximum atomic E-state index is 10.5. The Balaban J connectivity index is 2.38. The zero-order chi connectivity index (χ0) is 8.43. The molecule has 1 heterocycles. The largest absolute Gasteiger partial charge is 0.480 e. The average molecular weight is 158 g/mol. The van der Waals surface area contributed by atoms with E-state index in [4.69, 9.17) is 5.11 Å². The van der Waals surface area contributed by atoms with Crippen molar-refractivity contribution in [2.24, 2.45) is 0 Å². The molecule has 0 aromatic rings. The van der Waals surface area contributed by atoms with Gasteiger partial charge in [-0.3, -0.25) is 9.69 Å². The number of carboxylic acid groups (broad SMARTS) is 1. The summed E-state index contributed by atoms with van der Waals surface area (Å²) in [6.07, 6.45) is 0. The minimum atomic E-state index is -0.751. The fraction of sp³-hybridized carbons (Fsp3) is 0.857. The highest BCUT2D eigenvalue weighted by Gasteiger charge is 2.28. The van der Waals surface area contributed by atoms with Gasteiger partial charge in [0.1, 0.15) is 6.04 Å². The fourth-order valence-electron chi connectivity index (χ4n) is 1.05. The van der Waals surface area contributed by atoms with Crippen LogP contribution in [0, 0.1) is 0 Å². The number of rotatable bonds is 3. The van der Waals surface area contributed by atoms with Crippen LogP contribution in [-0.4, -0.2) is 48.2 Å². The van der Waals surface area contributed by atoms with Crippen LogP contribution in [0.5, 0.6) is 0 Å². The fourth-order valence-corrected chi connectivity index (χ4v) is 1.05. The number of aliphatic carboxylic acids is 1. The Morgan fingerprint density at radius 1 is 1.73 bits per heavy atom. The summed E-state index contributed by atoms with van der Waals surface area (Å²) in [7, 11) is 1.85. The first-order valence-corrected chi connectivity index (χ1v) is 3.78. The van der Waals surface area contributed by atoms with Crippen LogP contribution < -0.4 is 5.32 Å². The second-order valence-corrected chi connectivity index (χ2v) is 2.99. The number of nitrogens with zero attached hydrogens (tertiary/aromatic N) is 1. The van der Waals surface area contributed by atoms with Gasteiger partial charge in [0, 0.05) is 19.1 Å². The Hall–Kier alpha value is -0.610. The van der Waals surface area contributed by atoms with E-state index in [-0.39, 0.29) is 6.04 Å². The SMILES string of the molecule is CC(C(=O)O)N(C)C1CNC1. The third-order valence-electron chi connectivity index (χ3n) is 2.30. The van der Waals surface area contributed by atoms with Crippen molar-refractivity contribution >= 4 is 5.97 Å². The van der Waals surface area contributed by atoms with Crippen LogP contribution in [0.15, 0.2) is 0 Å². The molecule has 1 saturated heterocycles. The van der Waals surface area contributed by atoms with Crippen molar-refractivity contribution in [3.8, 4) is 0 Å². The molecule has 0 aliphatic carbocycles. The second-order valence-electron chi connectivity index (χ2n) is 2.99. The molecule has 1 unspecified atom stereocenters. The lowest BCUT2D eigenvalue weighted by Crippen LogP contribution is -2.59. The maximum Gasteiger partial charge on any atom is 0.320 e. The molecule has 0 aromatic heterocycles. The standard InChI is InChI=1S/C7H14N2O2/c1-5(7(10)11)9(2)6-3-8-4-6/h5-6,8H,3-4H2,1-2H3,(H,10,11). The van der Waals surface area contributed by atoms with Crippen LogP contribution >= 0.6 is 0 Å². The lowest BCUT2D eigenvalue weighted by atomic mass is 10.1. The minimum absolute atomic E-state index is 0.373. The van der Waals surface area contributed by atoms with Gasteiger partial charge in [-0.1, -0.05) is 0 Å². The summed E-state index contributed by atoms with van der Waals surface area (Å²) in [4.78, 5) is 12.4. The molecule has 0 amide bonds. The van der Waals surface area contributed by atoms with Crippen molar-refractivity contribution in [3.63, 3.8) is 0 Å². The van der Waals surface area contributed by atoms with Gasteiger partial charge < -0.3 is 10.4 Å². The number of hydrogen-bond acceptors (Lipinski definition) is 3. The lowest BCUT2D eigenvalue weighted by molar-refractivity contribution is -0.143. The van der Waals surface area contributed by atoms with Crippen LogP contribution in [0.25, 0.3) is 0 Å². The van der Waals surface area contributed by atoms with Gasteiger partial charge in [-0.05, 0) is 14.0 Å². The number of carboxylic acids is 1. The third-order valence-corrected chi connectivity index (χ3v) is 2.30. The van der Waals surface area contributed by atoms with E-state index >= 15 is 0 Å². The topological polar surface area (TPSA) is 52.6 Å². The van der Waals surface area contributed by atoms with Crippen molar-refractivity contribution in [2.45, 2.75) is 19.0 Å². The summed E-state index contributed by atoms with van der Waals surface area (Å²) in [5.74, 6) is -0.751. The molecular weight excluding hydrogens is 144 g/mol. The first-order valence-electron chi connectivity index (χ1n) is 3.78. The number of likely N-dealkylation sites (N-methyl/N-ethyl adjacent to an activating group) is 1. The van der Waals surface area contributed by atoms with Gasteiger partial charge in [0.25, 0.3) is 0 Å². The van der Waals surface area contributed by atoms with Gasteiger partial charge >= 0.3 is 5.97 Å². The first-order chi connectivity index (χ1) is 5.13. The summed E-state index contributed by atoms with van der Waals surface area (Å²) in [5, 5.41) is 11.8. The molecule has 0 bridgehead atoms. The third kappa shape index (κ3) is 1.70. The summed E-state index contributed by atoms with van der Waals surface area (Å²) in [6, 6.07) is 0.0307. The highest BCUT2D eigenvalue weighted by atomic mass is 16.4. The summed E-state index contributed by atoms with van der Waals surface area (Å²) in [5.41, 5.74) is 0. The number of carbonyl (C=O) groups is 1. The smallest absolute Gasteiger partial charge is 0.320 e. The molecule has 0 radical (unpaired) electrons. The molecule has 64 valence electrons. The Morgan fingerprint density at radius 2 is 2.27 bits per heavy atom. The van der Waals surface area contributed by atoms with Crippen molar-refractivity contribution in [3.05, 3.63) is 0 Å². The molecule has 1 aliphatic rings. The zero-order valence-electron chi connectivity index (χ0n) is 6.87. The second kappa shape index (κ2) is 3.19. The molecule has 4 nitrogen and oxygen atoms in total. The molecule has 1 rings (SSSR count). The molecule has 0 saturated carbocycles. The first kappa shape index (κ1) is 8.49. The Kier molecular flexibility index (Phi) is 2.46. The van der Waals surface area contributed by atoms with E-state index in [0.717, 1.165) is 13.1 Å². The highest BCUT2D eigenvalue weighted by molar-refractivity contribution is 5.72. The number of hydrogen-bond donors (Lipinski definition) is 2. The van der Waals surface area contributed by atoms with Crippen LogP contribution in [0.4, 0.5) is 0 Å². The lowest BCUT2D eigenvalue weighted by Gasteiger charge is -2.37. The van der Waals surface area contributed by atoms with Crippen molar-refractivity contribution in [1.82, 2.24) is 10.2 Å². The van der Waals surface area contributed by atoms with Crippen LogP contribution in [0.2, 0.25) is 0 Å². The highest BCUT2D eigenvalue weighted by Crippen LogP contribution is 2.06. The zero-order valence-corrected chi connectivity index (χ0v) is 6.87. The van der Waals surface area contributed by atoms with Gasteiger partial charge in [-0.2, -0.15) is 0 Å². The van der Waals surface area contributed by atoms with Gasteiger partial charge in [-0.15, -0.1) is 0 Å². The van der Waals surface area contributed by atoms with Gasteiger partial charge in [0.15, 0.2) is 0 Å². The Bertz CT molecular complexity index is 157. The number of nitrogens with one attached hydrogen (secondary N) is 1. The quantitative estimate of drug-likeness (QED) is 0.574. The van der Waals surface area contributed by atoms with Crippen LogP contribution in [0.3, 0.4) is 0 Å². The van der Waals surface area contributed by atoms with Gasteiger partial charge in [-0.25, -0.2) is 0 Å². The van der Waals surface area contributed by atoms with E-state index < -0.39 is 5.97 Å². The van der Waals surface area contributed by atoms with Crippen LogP contribution in [0.1, 0.15) is 6.92 Å².